The number of furan rings is 1. The summed E-state index contributed by atoms with van der Waals surface area (Å²) in [6.07, 6.45) is 0.892. The number of aryl methyl sites for hydroxylation is 4. The molecule has 2 rings (SSSR count). The Kier molecular flexibility index (Phi) is 4.47. The highest BCUT2D eigenvalue weighted by molar-refractivity contribution is 7.14. The van der Waals surface area contributed by atoms with Gasteiger partial charge in [0.15, 0.2) is 0 Å². The number of hydrazine groups is 1. The fraction of sp³-hybridized carbons (Fsp3) is 0.333. The maximum atomic E-state index is 12.0. The van der Waals surface area contributed by atoms with Crippen LogP contribution in [-0.4, -0.2) is 11.8 Å². The van der Waals surface area contributed by atoms with E-state index in [1.54, 1.807) is 19.9 Å². The molecule has 0 aliphatic carbocycles. The molecule has 2 heterocycles. The third-order valence-corrected chi connectivity index (χ3v) is 4.52. The first-order valence-electron chi connectivity index (χ1n) is 6.69. The summed E-state index contributed by atoms with van der Waals surface area (Å²) in [7, 11) is 0. The van der Waals surface area contributed by atoms with Crippen LogP contribution in [0.3, 0.4) is 0 Å². The van der Waals surface area contributed by atoms with Gasteiger partial charge in [-0.25, -0.2) is 0 Å². The second kappa shape index (κ2) is 6.13. The minimum absolute atomic E-state index is 0.311. The Labute approximate surface area is 127 Å². The molecule has 2 amide bonds. The highest BCUT2D eigenvalue weighted by Gasteiger charge is 2.16. The van der Waals surface area contributed by atoms with E-state index >= 15 is 0 Å². The standard InChI is InChI=1S/C15H18N2O3S/c1-5-12-8(2)6-13(21-12)15(19)17-16-14(18)11-7-9(3)20-10(11)4/h6-7H,5H2,1-4H3,(H,16,18)(H,17,19). The van der Waals surface area contributed by atoms with E-state index in [1.807, 2.05) is 19.9 Å². The lowest BCUT2D eigenvalue weighted by atomic mass is 10.2. The summed E-state index contributed by atoms with van der Waals surface area (Å²) in [5.74, 6) is 0.487. The van der Waals surface area contributed by atoms with Crippen LogP contribution in [0.15, 0.2) is 16.5 Å². The van der Waals surface area contributed by atoms with Crippen LogP contribution in [0.2, 0.25) is 0 Å². The molecule has 2 N–H and O–H groups in total. The van der Waals surface area contributed by atoms with Gasteiger partial charge in [-0.1, -0.05) is 6.92 Å². The molecular weight excluding hydrogens is 288 g/mol. The van der Waals surface area contributed by atoms with Crippen LogP contribution >= 0.6 is 11.3 Å². The number of thiophene rings is 1. The van der Waals surface area contributed by atoms with Crippen LogP contribution in [0, 0.1) is 20.8 Å². The number of hydrogen-bond donors (Lipinski definition) is 2. The molecule has 2 aromatic rings. The minimum atomic E-state index is -0.387. The smallest absolute Gasteiger partial charge is 0.279 e. The van der Waals surface area contributed by atoms with E-state index in [1.165, 1.54) is 16.2 Å². The Morgan fingerprint density at radius 1 is 1.14 bits per heavy atom. The Balaban J connectivity index is 2.00. The predicted octanol–water partition coefficient (Wildman–Crippen LogP) is 2.90. The predicted molar refractivity (Wildman–Crippen MR) is 81.5 cm³/mol. The molecule has 5 nitrogen and oxygen atoms in total. The van der Waals surface area contributed by atoms with Gasteiger partial charge in [0.1, 0.15) is 11.5 Å². The molecule has 0 saturated heterocycles. The van der Waals surface area contributed by atoms with Gasteiger partial charge < -0.3 is 4.42 Å². The second-order valence-electron chi connectivity index (χ2n) is 4.81. The number of carbonyl (C=O) groups excluding carboxylic acids is 2. The fourth-order valence-corrected chi connectivity index (χ4v) is 3.09. The lowest BCUT2D eigenvalue weighted by Crippen LogP contribution is -2.41. The van der Waals surface area contributed by atoms with E-state index in [0.717, 1.165) is 12.0 Å². The van der Waals surface area contributed by atoms with Gasteiger partial charge in [0.25, 0.3) is 11.8 Å². The fourth-order valence-electron chi connectivity index (χ4n) is 2.08. The van der Waals surface area contributed by atoms with Crippen molar-refractivity contribution >= 4 is 23.2 Å². The molecule has 0 atom stereocenters. The molecule has 112 valence electrons. The van der Waals surface area contributed by atoms with Crippen LogP contribution in [0.5, 0.6) is 0 Å². The Hall–Kier alpha value is -2.08. The van der Waals surface area contributed by atoms with Gasteiger partial charge in [-0.3, -0.25) is 20.4 Å². The van der Waals surface area contributed by atoms with E-state index in [0.29, 0.717) is 22.0 Å². The van der Waals surface area contributed by atoms with Crippen molar-refractivity contribution in [1.82, 2.24) is 10.9 Å². The van der Waals surface area contributed by atoms with Crippen LogP contribution in [0.25, 0.3) is 0 Å². The largest absolute Gasteiger partial charge is 0.466 e. The zero-order valence-corrected chi connectivity index (χ0v) is 13.3. The summed E-state index contributed by atoms with van der Waals surface area (Å²) in [4.78, 5) is 25.7. The Morgan fingerprint density at radius 3 is 2.33 bits per heavy atom. The van der Waals surface area contributed by atoms with Crippen molar-refractivity contribution in [3.8, 4) is 0 Å². The SMILES string of the molecule is CCc1sc(C(=O)NNC(=O)c2cc(C)oc2C)cc1C. The molecule has 0 radical (unpaired) electrons. The number of hydrogen-bond acceptors (Lipinski definition) is 4. The van der Waals surface area contributed by atoms with Crippen molar-refractivity contribution in [2.45, 2.75) is 34.1 Å². The lowest BCUT2D eigenvalue weighted by Gasteiger charge is -2.05. The topological polar surface area (TPSA) is 71.3 Å². The van der Waals surface area contributed by atoms with Gasteiger partial charge >= 0.3 is 0 Å². The van der Waals surface area contributed by atoms with Gasteiger partial charge in [-0.2, -0.15) is 0 Å². The Bertz CT molecular complexity index is 685. The van der Waals surface area contributed by atoms with Crippen molar-refractivity contribution in [2.24, 2.45) is 0 Å². The first-order valence-corrected chi connectivity index (χ1v) is 7.51. The molecule has 6 heteroatoms. The zero-order chi connectivity index (χ0) is 15.6. The molecule has 0 aliphatic heterocycles. The normalized spacial score (nSPS) is 10.5. The van der Waals surface area contributed by atoms with E-state index in [4.69, 9.17) is 4.42 Å². The monoisotopic (exact) mass is 306 g/mol. The molecule has 0 unspecified atom stereocenters. The number of amides is 2. The number of nitrogens with one attached hydrogen (secondary N) is 2. The second-order valence-corrected chi connectivity index (χ2v) is 5.94. The molecule has 0 aliphatic rings. The average Bonchev–Trinajstić information content (AvgIpc) is 2.98. The van der Waals surface area contributed by atoms with Crippen molar-refractivity contribution in [2.75, 3.05) is 0 Å². The molecular formula is C15H18N2O3S. The number of carbonyl (C=O) groups is 2. The van der Waals surface area contributed by atoms with Crippen molar-refractivity contribution < 1.29 is 14.0 Å². The highest BCUT2D eigenvalue weighted by atomic mass is 32.1. The Morgan fingerprint density at radius 2 is 1.81 bits per heavy atom. The van der Waals surface area contributed by atoms with Crippen molar-refractivity contribution in [3.63, 3.8) is 0 Å². The average molecular weight is 306 g/mol. The van der Waals surface area contributed by atoms with Crippen LogP contribution < -0.4 is 10.9 Å². The molecule has 0 fully saturated rings. The third-order valence-electron chi connectivity index (χ3n) is 3.14. The molecule has 0 aromatic carbocycles. The van der Waals surface area contributed by atoms with Gasteiger partial charge in [-0.15, -0.1) is 11.3 Å². The van der Waals surface area contributed by atoms with E-state index in [9.17, 15) is 9.59 Å². The maximum absolute atomic E-state index is 12.0. The first kappa shape index (κ1) is 15.3. The van der Waals surface area contributed by atoms with E-state index in [-0.39, 0.29) is 11.8 Å². The van der Waals surface area contributed by atoms with E-state index < -0.39 is 0 Å². The molecule has 0 saturated carbocycles. The summed E-state index contributed by atoms with van der Waals surface area (Å²) < 4.78 is 5.29. The van der Waals surface area contributed by atoms with Crippen LogP contribution in [0.4, 0.5) is 0 Å². The summed E-state index contributed by atoms with van der Waals surface area (Å²) in [6, 6.07) is 3.47. The third kappa shape index (κ3) is 3.33. The lowest BCUT2D eigenvalue weighted by molar-refractivity contribution is 0.0848. The van der Waals surface area contributed by atoms with Gasteiger partial charge in [-0.05, 0) is 44.9 Å². The van der Waals surface area contributed by atoms with Crippen LogP contribution in [-0.2, 0) is 6.42 Å². The van der Waals surface area contributed by atoms with Gasteiger partial charge in [0.2, 0.25) is 0 Å². The van der Waals surface area contributed by atoms with Gasteiger partial charge in [0.05, 0.1) is 10.4 Å². The minimum Gasteiger partial charge on any atom is -0.466 e. The summed E-state index contributed by atoms with van der Waals surface area (Å²) in [5, 5.41) is 0. The van der Waals surface area contributed by atoms with Crippen LogP contribution in [0.1, 0.15) is 48.9 Å². The number of rotatable bonds is 3. The first-order chi connectivity index (χ1) is 9.92. The molecule has 2 aromatic heterocycles. The highest BCUT2D eigenvalue weighted by Crippen LogP contribution is 2.22. The zero-order valence-electron chi connectivity index (χ0n) is 12.5. The van der Waals surface area contributed by atoms with E-state index in [2.05, 4.69) is 10.9 Å². The molecule has 0 bridgehead atoms. The molecule has 0 spiro atoms. The quantitative estimate of drug-likeness (QED) is 0.857. The summed E-state index contributed by atoms with van der Waals surface area (Å²) in [6.45, 7) is 7.50. The summed E-state index contributed by atoms with van der Waals surface area (Å²) >= 11 is 1.44. The van der Waals surface area contributed by atoms with Crippen molar-refractivity contribution in [1.29, 1.82) is 0 Å². The summed E-state index contributed by atoms with van der Waals surface area (Å²) in [5.41, 5.74) is 6.35. The maximum Gasteiger partial charge on any atom is 0.279 e. The van der Waals surface area contributed by atoms with Crippen molar-refractivity contribution in [3.05, 3.63) is 44.5 Å². The van der Waals surface area contributed by atoms with Gasteiger partial charge in [0, 0.05) is 4.88 Å². The molecule has 21 heavy (non-hydrogen) atoms.